The van der Waals surface area contributed by atoms with Crippen molar-refractivity contribution in [3.05, 3.63) is 64.8 Å². The lowest BCUT2D eigenvalue weighted by atomic mass is 10.1. The second kappa shape index (κ2) is 5.10. The zero-order chi connectivity index (χ0) is 13.2. The number of fused-ring (bicyclic) bond motifs is 1. The Morgan fingerprint density at radius 1 is 1.11 bits per heavy atom. The molecule has 1 aromatic heterocycles. The van der Waals surface area contributed by atoms with Gasteiger partial charge in [0.15, 0.2) is 0 Å². The third kappa shape index (κ3) is 2.51. The van der Waals surface area contributed by atoms with Crippen LogP contribution in [0.4, 0.5) is 5.69 Å². The Hall–Kier alpha value is -1.74. The lowest BCUT2D eigenvalue weighted by Crippen LogP contribution is -2.15. The van der Waals surface area contributed by atoms with Gasteiger partial charge in [0.05, 0.1) is 0 Å². The first-order valence-electron chi connectivity index (χ1n) is 6.26. The summed E-state index contributed by atoms with van der Waals surface area (Å²) in [6.45, 7) is 0.889. The zero-order valence-corrected chi connectivity index (χ0v) is 12.3. The Kier molecular flexibility index (Phi) is 3.30. The number of hydrogen-bond acceptors (Lipinski definition) is 1. The number of nitrogens with zero attached hydrogens (tertiary/aromatic N) is 1. The first kappa shape index (κ1) is 12.3. The summed E-state index contributed by atoms with van der Waals surface area (Å²) in [4.78, 5) is 5.58. The van der Waals surface area contributed by atoms with Crippen LogP contribution in [0.3, 0.4) is 0 Å². The molecule has 0 bridgehead atoms. The van der Waals surface area contributed by atoms with Crippen molar-refractivity contribution in [3.8, 4) is 0 Å². The number of rotatable bonds is 3. The molecule has 0 radical (unpaired) electrons. The average molecular weight is 315 g/mol. The third-order valence-corrected chi connectivity index (χ3v) is 3.83. The van der Waals surface area contributed by atoms with Crippen LogP contribution in [-0.4, -0.2) is 12.0 Å². The van der Waals surface area contributed by atoms with Crippen LogP contribution in [0.25, 0.3) is 10.9 Å². The van der Waals surface area contributed by atoms with Gasteiger partial charge in [-0.25, -0.2) is 0 Å². The molecule has 2 nitrogen and oxygen atoms in total. The fourth-order valence-corrected chi connectivity index (χ4v) is 2.67. The SMILES string of the molecule is CN(Cc1c[nH]c2ccc(Br)cc12)c1ccccc1. The summed E-state index contributed by atoms with van der Waals surface area (Å²) in [5.74, 6) is 0. The molecule has 3 aromatic rings. The Balaban J connectivity index is 1.91. The number of H-pyrrole nitrogens is 1. The Bertz CT molecular complexity index is 688. The highest BCUT2D eigenvalue weighted by Gasteiger charge is 2.07. The maximum Gasteiger partial charge on any atom is 0.0458 e. The van der Waals surface area contributed by atoms with Gasteiger partial charge in [-0.2, -0.15) is 0 Å². The van der Waals surface area contributed by atoms with Gasteiger partial charge in [-0.15, -0.1) is 0 Å². The van der Waals surface area contributed by atoms with Gasteiger partial charge in [0.25, 0.3) is 0 Å². The quantitative estimate of drug-likeness (QED) is 0.750. The van der Waals surface area contributed by atoms with Gasteiger partial charge >= 0.3 is 0 Å². The standard InChI is InChI=1S/C16H15BrN2/c1-19(14-5-3-2-4-6-14)11-12-10-18-16-8-7-13(17)9-15(12)16/h2-10,18H,11H2,1H3. The smallest absolute Gasteiger partial charge is 0.0458 e. The molecule has 0 aliphatic carbocycles. The molecule has 1 heterocycles. The van der Waals surface area contributed by atoms with Crippen molar-refractivity contribution in [2.45, 2.75) is 6.54 Å². The lowest BCUT2D eigenvalue weighted by Gasteiger charge is -2.18. The minimum atomic E-state index is 0.889. The van der Waals surface area contributed by atoms with E-state index in [4.69, 9.17) is 0 Å². The molecule has 0 atom stereocenters. The number of anilines is 1. The maximum atomic E-state index is 3.53. The molecule has 0 aliphatic heterocycles. The predicted octanol–water partition coefficient (Wildman–Crippen LogP) is 4.57. The van der Waals surface area contributed by atoms with Gasteiger partial charge in [0.2, 0.25) is 0 Å². The summed E-state index contributed by atoms with van der Waals surface area (Å²) in [6.07, 6.45) is 2.09. The number of para-hydroxylation sites is 1. The number of nitrogens with one attached hydrogen (secondary N) is 1. The number of benzene rings is 2. The highest BCUT2D eigenvalue weighted by atomic mass is 79.9. The molecule has 3 heteroatoms. The summed E-state index contributed by atoms with van der Waals surface area (Å²) in [7, 11) is 2.12. The highest BCUT2D eigenvalue weighted by Crippen LogP contribution is 2.24. The molecule has 0 amide bonds. The van der Waals surface area contributed by atoms with E-state index < -0.39 is 0 Å². The second-order valence-corrected chi connectivity index (χ2v) is 5.61. The average Bonchev–Trinajstić information content (AvgIpc) is 2.82. The Morgan fingerprint density at radius 3 is 2.68 bits per heavy atom. The van der Waals surface area contributed by atoms with Crippen LogP contribution < -0.4 is 4.90 Å². The topological polar surface area (TPSA) is 19.0 Å². The number of hydrogen-bond donors (Lipinski definition) is 1. The van der Waals surface area contributed by atoms with Gasteiger partial charge in [-0.05, 0) is 35.9 Å². The van der Waals surface area contributed by atoms with Gasteiger partial charge < -0.3 is 9.88 Å². The van der Waals surface area contributed by atoms with Crippen molar-refractivity contribution in [1.82, 2.24) is 4.98 Å². The minimum Gasteiger partial charge on any atom is -0.370 e. The molecule has 0 fully saturated rings. The van der Waals surface area contributed by atoms with Crippen molar-refractivity contribution >= 4 is 32.5 Å². The van der Waals surface area contributed by atoms with E-state index in [2.05, 4.69) is 81.5 Å². The molecule has 0 saturated heterocycles. The Morgan fingerprint density at radius 2 is 1.89 bits per heavy atom. The molecule has 96 valence electrons. The largest absolute Gasteiger partial charge is 0.370 e. The minimum absolute atomic E-state index is 0.889. The van der Waals surface area contributed by atoms with Crippen LogP contribution in [0, 0.1) is 0 Å². The van der Waals surface area contributed by atoms with Gasteiger partial charge in [0.1, 0.15) is 0 Å². The molecule has 0 aliphatic rings. The number of aromatic amines is 1. The van der Waals surface area contributed by atoms with E-state index in [1.165, 1.54) is 22.2 Å². The summed E-state index contributed by atoms with van der Waals surface area (Å²) in [5, 5.41) is 1.28. The van der Waals surface area contributed by atoms with E-state index in [0.717, 1.165) is 11.0 Å². The van der Waals surface area contributed by atoms with E-state index in [0.29, 0.717) is 0 Å². The van der Waals surface area contributed by atoms with Crippen LogP contribution in [0.2, 0.25) is 0 Å². The predicted molar refractivity (Wildman–Crippen MR) is 84.5 cm³/mol. The summed E-state index contributed by atoms with van der Waals surface area (Å²) < 4.78 is 1.11. The molecule has 2 aromatic carbocycles. The van der Waals surface area contributed by atoms with E-state index in [1.54, 1.807) is 0 Å². The van der Waals surface area contributed by atoms with Crippen molar-refractivity contribution in [2.75, 3.05) is 11.9 Å². The summed E-state index contributed by atoms with van der Waals surface area (Å²) >= 11 is 3.53. The number of halogens is 1. The van der Waals surface area contributed by atoms with Gasteiger partial charge in [0, 0.05) is 40.9 Å². The second-order valence-electron chi connectivity index (χ2n) is 4.70. The molecule has 1 N–H and O–H groups in total. The molecular weight excluding hydrogens is 300 g/mol. The first-order valence-corrected chi connectivity index (χ1v) is 7.05. The molecule has 0 spiro atoms. The van der Waals surface area contributed by atoms with Gasteiger partial charge in [-0.3, -0.25) is 0 Å². The molecule has 3 rings (SSSR count). The summed E-state index contributed by atoms with van der Waals surface area (Å²) in [5.41, 5.74) is 3.72. The van der Waals surface area contributed by atoms with Gasteiger partial charge in [-0.1, -0.05) is 34.1 Å². The fraction of sp³-hybridized carbons (Fsp3) is 0.125. The highest BCUT2D eigenvalue weighted by molar-refractivity contribution is 9.10. The van der Waals surface area contributed by atoms with Crippen LogP contribution in [-0.2, 0) is 6.54 Å². The van der Waals surface area contributed by atoms with E-state index in [-0.39, 0.29) is 0 Å². The third-order valence-electron chi connectivity index (χ3n) is 3.33. The van der Waals surface area contributed by atoms with Crippen LogP contribution in [0.1, 0.15) is 5.56 Å². The lowest BCUT2D eigenvalue weighted by molar-refractivity contribution is 0.930. The molecule has 0 unspecified atom stereocenters. The Labute approximate surface area is 121 Å². The van der Waals surface area contributed by atoms with Crippen molar-refractivity contribution in [2.24, 2.45) is 0 Å². The van der Waals surface area contributed by atoms with Crippen LogP contribution >= 0.6 is 15.9 Å². The molecule has 0 saturated carbocycles. The van der Waals surface area contributed by atoms with Crippen molar-refractivity contribution in [1.29, 1.82) is 0 Å². The zero-order valence-electron chi connectivity index (χ0n) is 10.7. The van der Waals surface area contributed by atoms with E-state index >= 15 is 0 Å². The molecular formula is C16H15BrN2. The normalized spacial score (nSPS) is 10.8. The van der Waals surface area contributed by atoms with Crippen LogP contribution in [0.5, 0.6) is 0 Å². The monoisotopic (exact) mass is 314 g/mol. The first-order chi connectivity index (χ1) is 9.24. The molecule has 19 heavy (non-hydrogen) atoms. The van der Waals surface area contributed by atoms with Crippen LogP contribution in [0.15, 0.2) is 59.2 Å². The van der Waals surface area contributed by atoms with Crippen molar-refractivity contribution < 1.29 is 0 Å². The number of aromatic nitrogens is 1. The van der Waals surface area contributed by atoms with E-state index in [9.17, 15) is 0 Å². The van der Waals surface area contributed by atoms with Crippen molar-refractivity contribution in [3.63, 3.8) is 0 Å². The summed E-state index contributed by atoms with van der Waals surface area (Å²) in [6, 6.07) is 16.8. The fourth-order valence-electron chi connectivity index (χ4n) is 2.31. The van der Waals surface area contributed by atoms with E-state index in [1.807, 2.05) is 6.07 Å². The maximum absolute atomic E-state index is 3.53.